The van der Waals surface area contributed by atoms with Crippen molar-refractivity contribution < 1.29 is 9.53 Å². The van der Waals surface area contributed by atoms with Crippen LogP contribution < -0.4 is 0 Å². The van der Waals surface area contributed by atoms with Gasteiger partial charge in [0.25, 0.3) is 5.91 Å². The Morgan fingerprint density at radius 2 is 2.12 bits per heavy atom. The third-order valence-corrected chi connectivity index (χ3v) is 4.93. The van der Waals surface area contributed by atoms with E-state index in [-0.39, 0.29) is 18.1 Å². The molecule has 0 aliphatic carbocycles. The van der Waals surface area contributed by atoms with Gasteiger partial charge in [-0.25, -0.2) is 4.98 Å². The molecule has 132 valence electrons. The molecule has 25 heavy (non-hydrogen) atoms. The number of carbonyl (C=O) groups is 1. The van der Waals surface area contributed by atoms with Crippen LogP contribution in [0.2, 0.25) is 0 Å². The summed E-state index contributed by atoms with van der Waals surface area (Å²) in [6.07, 6.45) is 1.49. The number of ether oxygens (including phenoxy) is 1. The van der Waals surface area contributed by atoms with Crippen LogP contribution in [0, 0.1) is 0 Å². The van der Waals surface area contributed by atoms with E-state index < -0.39 is 0 Å². The number of nitrogens with one attached hydrogen (secondary N) is 1. The first-order chi connectivity index (χ1) is 12.2. The molecule has 2 atom stereocenters. The van der Waals surface area contributed by atoms with Crippen LogP contribution in [0.4, 0.5) is 0 Å². The molecule has 4 rings (SSSR count). The molecule has 0 saturated carbocycles. The standard InChI is InChI=1S/C18H23N5O2/c1-22-10-11-25-15(12-22)18(24)23-9-5-8-14(23)17-19-16(20-21-17)13-6-3-2-4-7-13/h2-4,6-7,14-15H,5,8-12H2,1H3,(H,19,20,21). The zero-order chi connectivity index (χ0) is 17.2. The number of aromatic amines is 1. The largest absolute Gasteiger partial charge is 0.366 e. The highest BCUT2D eigenvalue weighted by molar-refractivity contribution is 5.82. The van der Waals surface area contributed by atoms with Crippen molar-refractivity contribution in [3.05, 3.63) is 36.2 Å². The van der Waals surface area contributed by atoms with Crippen molar-refractivity contribution in [2.75, 3.05) is 33.3 Å². The predicted molar refractivity (Wildman–Crippen MR) is 92.7 cm³/mol. The topological polar surface area (TPSA) is 74.3 Å². The highest BCUT2D eigenvalue weighted by Crippen LogP contribution is 2.31. The molecular formula is C18H23N5O2. The van der Waals surface area contributed by atoms with Gasteiger partial charge in [-0.2, -0.15) is 5.10 Å². The summed E-state index contributed by atoms with van der Waals surface area (Å²) in [5.41, 5.74) is 0.970. The molecule has 7 heteroatoms. The number of amides is 1. The highest BCUT2D eigenvalue weighted by atomic mass is 16.5. The number of morpholine rings is 1. The molecule has 1 N–H and O–H groups in total. The lowest BCUT2D eigenvalue weighted by Crippen LogP contribution is -2.49. The summed E-state index contributed by atoms with van der Waals surface area (Å²) in [4.78, 5) is 21.6. The van der Waals surface area contributed by atoms with Gasteiger partial charge >= 0.3 is 0 Å². The maximum atomic E-state index is 12.9. The summed E-state index contributed by atoms with van der Waals surface area (Å²) in [5.74, 6) is 1.49. The van der Waals surface area contributed by atoms with E-state index in [0.717, 1.165) is 37.3 Å². The van der Waals surface area contributed by atoms with Crippen LogP contribution in [0.15, 0.2) is 30.3 Å². The minimum atomic E-state index is -0.379. The van der Waals surface area contributed by atoms with E-state index in [4.69, 9.17) is 4.74 Å². The van der Waals surface area contributed by atoms with Gasteiger partial charge in [0, 0.05) is 25.2 Å². The first-order valence-corrected chi connectivity index (χ1v) is 8.81. The molecule has 2 saturated heterocycles. The molecule has 1 amide bonds. The van der Waals surface area contributed by atoms with Crippen molar-refractivity contribution in [3.8, 4) is 11.4 Å². The van der Waals surface area contributed by atoms with E-state index >= 15 is 0 Å². The lowest BCUT2D eigenvalue weighted by molar-refractivity contribution is -0.149. The molecule has 2 aliphatic heterocycles. The van der Waals surface area contributed by atoms with Crippen LogP contribution >= 0.6 is 0 Å². The van der Waals surface area contributed by atoms with Crippen molar-refractivity contribution in [1.29, 1.82) is 0 Å². The Kier molecular flexibility index (Phi) is 4.50. The van der Waals surface area contributed by atoms with Crippen LogP contribution in [0.25, 0.3) is 11.4 Å². The molecule has 0 spiro atoms. The molecule has 2 aromatic rings. The molecular weight excluding hydrogens is 318 g/mol. The molecule has 2 fully saturated rings. The molecule has 1 aromatic heterocycles. The van der Waals surface area contributed by atoms with E-state index in [0.29, 0.717) is 19.0 Å². The van der Waals surface area contributed by atoms with Crippen molar-refractivity contribution in [2.45, 2.75) is 25.0 Å². The second kappa shape index (κ2) is 6.93. The van der Waals surface area contributed by atoms with Crippen molar-refractivity contribution in [1.82, 2.24) is 25.0 Å². The van der Waals surface area contributed by atoms with E-state index in [1.165, 1.54) is 0 Å². The number of nitrogens with zero attached hydrogens (tertiary/aromatic N) is 4. The third-order valence-electron chi connectivity index (χ3n) is 4.93. The number of aromatic nitrogens is 3. The van der Waals surface area contributed by atoms with Gasteiger partial charge in [-0.1, -0.05) is 30.3 Å². The summed E-state index contributed by atoms with van der Waals surface area (Å²) in [7, 11) is 2.02. The monoisotopic (exact) mass is 341 g/mol. The number of H-pyrrole nitrogens is 1. The minimum absolute atomic E-state index is 0.0479. The first-order valence-electron chi connectivity index (χ1n) is 8.81. The maximum absolute atomic E-state index is 12.9. The summed E-state index contributed by atoms with van der Waals surface area (Å²) >= 11 is 0. The lowest BCUT2D eigenvalue weighted by atomic mass is 10.2. The normalized spacial score (nSPS) is 24.6. The molecule has 2 unspecified atom stereocenters. The Bertz CT molecular complexity index is 732. The van der Waals surface area contributed by atoms with Gasteiger partial charge in [0.1, 0.15) is 11.9 Å². The summed E-state index contributed by atoms with van der Waals surface area (Å²) in [6.45, 7) is 2.86. The predicted octanol–water partition coefficient (Wildman–Crippen LogP) is 1.47. The highest BCUT2D eigenvalue weighted by Gasteiger charge is 2.37. The number of hydrogen-bond donors (Lipinski definition) is 1. The van der Waals surface area contributed by atoms with E-state index in [1.54, 1.807) is 0 Å². The molecule has 7 nitrogen and oxygen atoms in total. The smallest absolute Gasteiger partial charge is 0.253 e. The van der Waals surface area contributed by atoms with Crippen LogP contribution in [-0.2, 0) is 9.53 Å². The Morgan fingerprint density at radius 1 is 1.28 bits per heavy atom. The molecule has 2 aliphatic rings. The van der Waals surface area contributed by atoms with Gasteiger partial charge in [0.05, 0.1) is 12.6 Å². The number of likely N-dealkylation sites (N-methyl/N-ethyl adjacent to an activating group) is 1. The zero-order valence-electron chi connectivity index (χ0n) is 14.4. The first kappa shape index (κ1) is 16.2. The Balaban J connectivity index is 1.52. The Labute approximate surface area is 147 Å². The maximum Gasteiger partial charge on any atom is 0.253 e. The van der Waals surface area contributed by atoms with Gasteiger partial charge in [-0.15, -0.1) is 0 Å². The fraction of sp³-hybridized carbons (Fsp3) is 0.500. The fourth-order valence-corrected chi connectivity index (χ4v) is 3.57. The second-order valence-corrected chi connectivity index (χ2v) is 6.72. The average molecular weight is 341 g/mol. The Hall–Kier alpha value is -2.25. The summed E-state index contributed by atoms with van der Waals surface area (Å²) < 4.78 is 5.70. The van der Waals surface area contributed by atoms with Crippen LogP contribution in [0.1, 0.15) is 24.7 Å². The zero-order valence-corrected chi connectivity index (χ0v) is 14.4. The SMILES string of the molecule is CN1CCOC(C(=O)N2CCCC2c2nc(-c3ccccc3)n[nH]2)C1. The van der Waals surface area contributed by atoms with E-state index in [1.807, 2.05) is 42.3 Å². The number of benzene rings is 1. The number of likely N-dealkylation sites (tertiary alicyclic amines) is 1. The van der Waals surface area contributed by atoms with Gasteiger partial charge in [-0.3, -0.25) is 9.89 Å². The second-order valence-electron chi connectivity index (χ2n) is 6.72. The number of hydrogen-bond acceptors (Lipinski definition) is 5. The van der Waals surface area contributed by atoms with E-state index in [2.05, 4.69) is 20.1 Å². The van der Waals surface area contributed by atoms with Crippen LogP contribution in [0.5, 0.6) is 0 Å². The van der Waals surface area contributed by atoms with Crippen molar-refractivity contribution in [2.24, 2.45) is 0 Å². The van der Waals surface area contributed by atoms with Gasteiger partial charge in [-0.05, 0) is 19.9 Å². The van der Waals surface area contributed by atoms with Gasteiger partial charge in [0.15, 0.2) is 5.82 Å². The minimum Gasteiger partial charge on any atom is -0.366 e. The summed E-state index contributed by atoms with van der Waals surface area (Å²) in [5, 5.41) is 7.37. The Morgan fingerprint density at radius 3 is 2.92 bits per heavy atom. The van der Waals surface area contributed by atoms with Gasteiger partial charge < -0.3 is 14.5 Å². The van der Waals surface area contributed by atoms with Crippen LogP contribution in [-0.4, -0.2) is 70.3 Å². The molecule has 0 bridgehead atoms. The average Bonchev–Trinajstić information content (AvgIpc) is 3.31. The molecule has 1 aromatic carbocycles. The van der Waals surface area contributed by atoms with Crippen molar-refractivity contribution >= 4 is 5.91 Å². The van der Waals surface area contributed by atoms with Crippen molar-refractivity contribution in [3.63, 3.8) is 0 Å². The molecule has 0 radical (unpaired) electrons. The molecule has 3 heterocycles. The van der Waals surface area contributed by atoms with Gasteiger partial charge in [0.2, 0.25) is 0 Å². The third kappa shape index (κ3) is 3.29. The quantitative estimate of drug-likeness (QED) is 0.915. The fourth-order valence-electron chi connectivity index (χ4n) is 3.57. The van der Waals surface area contributed by atoms with Crippen LogP contribution in [0.3, 0.4) is 0 Å². The number of rotatable bonds is 3. The lowest BCUT2D eigenvalue weighted by Gasteiger charge is -2.33. The summed E-state index contributed by atoms with van der Waals surface area (Å²) in [6, 6.07) is 9.82. The van der Waals surface area contributed by atoms with E-state index in [9.17, 15) is 4.79 Å². The number of carbonyl (C=O) groups excluding carboxylic acids is 1.